The Morgan fingerprint density at radius 1 is 1.18 bits per heavy atom. The summed E-state index contributed by atoms with van der Waals surface area (Å²) < 4.78 is 11.2. The Labute approximate surface area is 107 Å². The summed E-state index contributed by atoms with van der Waals surface area (Å²) >= 11 is 3.29. The molecule has 0 amide bonds. The minimum atomic E-state index is -0.114. The van der Waals surface area contributed by atoms with Crippen molar-refractivity contribution in [2.75, 3.05) is 0 Å². The zero-order valence-corrected chi connectivity index (χ0v) is 10.5. The zero-order chi connectivity index (χ0) is 11.8. The van der Waals surface area contributed by atoms with Crippen LogP contribution in [0.15, 0.2) is 39.4 Å². The van der Waals surface area contributed by atoms with Crippen LogP contribution in [0.4, 0.5) is 0 Å². The van der Waals surface area contributed by atoms with Gasteiger partial charge in [0.1, 0.15) is 0 Å². The van der Waals surface area contributed by atoms with Crippen LogP contribution in [0.3, 0.4) is 0 Å². The van der Waals surface area contributed by atoms with E-state index < -0.39 is 0 Å². The molecule has 0 aliphatic carbocycles. The first kappa shape index (κ1) is 10.7. The molecule has 3 rings (SSSR count). The van der Waals surface area contributed by atoms with Crippen molar-refractivity contribution in [1.82, 2.24) is 0 Å². The van der Waals surface area contributed by atoms with Crippen LogP contribution >= 0.6 is 15.9 Å². The highest BCUT2D eigenvalue weighted by atomic mass is 79.9. The van der Waals surface area contributed by atoms with Crippen molar-refractivity contribution in [1.29, 1.82) is 0 Å². The molecular formula is C13H9BrO3. The van der Waals surface area contributed by atoms with Crippen LogP contribution in [0, 0.1) is 0 Å². The SMILES string of the molecule is O=C(c1ccc2c(c1)COC2)c1occc1Br. The van der Waals surface area contributed by atoms with Crippen LogP contribution in [0.5, 0.6) is 0 Å². The molecule has 0 bridgehead atoms. The molecule has 1 aromatic heterocycles. The molecule has 1 aromatic carbocycles. The second-order valence-electron chi connectivity index (χ2n) is 3.90. The lowest BCUT2D eigenvalue weighted by molar-refractivity contribution is 0.101. The molecule has 0 saturated heterocycles. The summed E-state index contributed by atoms with van der Waals surface area (Å²) in [7, 11) is 0. The maximum Gasteiger partial charge on any atom is 0.229 e. The van der Waals surface area contributed by atoms with E-state index in [-0.39, 0.29) is 5.78 Å². The Balaban J connectivity index is 2.00. The van der Waals surface area contributed by atoms with Crippen LogP contribution in [0.2, 0.25) is 0 Å². The number of furan rings is 1. The number of carbonyl (C=O) groups is 1. The second-order valence-corrected chi connectivity index (χ2v) is 4.76. The second kappa shape index (κ2) is 4.13. The molecule has 1 aliphatic heterocycles. The van der Waals surface area contributed by atoms with Crippen LogP contribution in [0.25, 0.3) is 0 Å². The van der Waals surface area contributed by atoms with Gasteiger partial charge in [-0.25, -0.2) is 0 Å². The van der Waals surface area contributed by atoms with Crippen LogP contribution in [-0.2, 0) is 18.0 Å². The third-order valence-corrected chi connectivity index (χ3v) is 3.43. The molecule has 1 aliphatic rings. The van der Waals surface area contributed by atoms with Gasteiger partial charge >= 0.3 is 0 Å². The van der Waals surface area contributed by atoms with Gasteiger partial charge in [0.05, 0.1) is 23.9 Å². The Morgan fingerprint density at radius 2 is 2.00 bits per heavy atom. The van der Waals surface area contributed by atoms with Gasteiger partial charge in [-0.15, -0.1) is 0 Å². The fraction of sp³-hybridized carbons (Fsp3) is 0.154. The van der Waals surface area contributed by atoms with Crippen LogP contribution < -0.4 is 0 Å². The number of benzene rings is 1. The van der Waals surface area contributed by atoms with Gasteiger partial charge in [-0.1, -0.05) is 12.1 Å². The number of ketones is 1. The fourth-order valence-corrected chi connectivity index (χ4v) is 2.28. The zero-order valence-electron chi connectivity index (χ0n) is 8.90. The van der Waals surface area contributed by atoms with Gasteiger partial charge in [0, 0.05) is 5.56 Å². The predicted molar refractivity (Wildman–Crippen MR) is 64.8 cm³/mol. The van der Waals surface area contributed by atoms with Crippen molar-refractivity contribution >= 4 is 21.7 Å². The van der Waals surface area contributed by atoms with Crippen molar-refractivity contribution in [3.05, 3.63) is 57.5 Å². The quantitative estimate of drug-likeness (QED) is 0.797. The normalized spacial score (nSPS) is 13.7. The molecule has 3 nitrogen and oxygen atoms in total. The van der Waals surface area contributed by atoms with E-state index in [1.165, 1.54) is 6.26 Å². The van der Waals surface area contributed by atoms with Gasteiger partial charge < -0.3 is 9.15 Å². The lowest BCUT2D eigenvalue weighted by Crippen LogP contribution is -2.01. The maximum atomic E-state index is 12.2. The van der Waals surface area contributed by atoms with Gasteiger partial charge in [0.2, 0.25) is 5.78 Å². The molecular weight excluding hydrogens is 284 g/mol. The van der Waals surface area contributed by atoms with Crippen molar-refractivity contribution in [2.24, 2.45) is 0 Å². The molecule has 2 aromatic rings. The Morgan fingerprint density at radius 3 is 2.76 bits per heavy atom. The topological polar surface area (TPSA) is 39.4 Å². The molecule has 0 saturated carbocycles. The Bertz CT molecular complexity index is 586. The van der Waals surface area contributed by atoms with Gasteiger partial charge in [-0.2, -0.15) is 0 Å². The predicted octanol–water partition coefficient (Wildman–Crippen LogP) is 3.30. The summed E-state index contributed by atoms with van der Waals surface area (Å²) in [4.78, 5) is 12.2. The number of carbonyl (C=O) groups excluding carboxylic acids is 1. The van der Waals surface area contributed by atoms with E-state index in [2.05, 4.69) is 15.9 Å². The van der Waals surface area contributed by atoms with Crippen molar-refractivity contribution in [3.8, 4) is 0 Å². The number of halogens is 1. The average Bonchev–Trinajstić information content (AvgIpc) is 2.95. The van der Waals surface area contributed by atoms with Crippen molar-refractivity contribution in [2.45, 2.75) is 13.2 Å². The first-order chi connectivity index (χ1) is 8.25. The van der Waals surface area contributed by atoms with Crippen LogP contribution in [-0.4, -0.2) is 5.78 Å². The fourth-order valence-electron chi connectivity index (χ4n) is 1.90. The number of rotatable bonds is 2. The van der Waals surface area contributed by atoms with Gasteiger partial charge in [0.25, 0.3) is 0 Å². The summed E-state index contributed by atoms with van der Waals surface area (Å²) in [5, 5.41) is 0. The van der Waals surface area contributed by atoms with E-state index in [9.17, 15) is 4.79 Å². The van der Waals surface area contributed by atoms with Gasteiger partial charge in [-0.05, 0) is 39.2 Å². The lowest BCUT2D eigenvalue weighted by Gasteiger charge is -2.01. The first-order valence-electron chi connectivity index (χ1n) is 5.23. The summed E-state index contributed by atoms with van der Waals surface area (Å²) in [5.41, 5.74) is 2.86. The molecule has 17 heavy (non-hydrogen) atoms. The summed E-state index contributed by atoms with van der Waals surface area (Å²) in [6, 6.07) is 7.33. The molecule has 86 valence electrons. The largest absolute Gasteiger partial charge is 0.460 e. The molecule has 0 fully saturated rings. The Hall–Kier alpha value is -1.39. The highest BCUT2D eigenvalue weighted by Gasteiger charge is 2.19. The van der Waals surface area contributed by atoms with Crippen molar-refractivity contribution in [3.63, 3.8) is 0 Å². The van der Waals surface area contributed by atoms with Gasteiger partial charge in [0.15, 0.2) is 5.76 Å². The van der Waals surface area contributed by atoms with E-state index >= 15 is 0 Å². The van der Waals surface area contributed by atoms with E-state index in [1.54, 1.807) is 6.07 Å². The molecule has 0 radical (unpaired) electrons. The van der Waals surface area contributed by atoms with E-state index in [1.807, 2.05) is 18.2 Å². The minimum absolute atomic E-state index is 0.114. The lowest BCUT2D eigenvalue weighted by atomic mass is 10.0. The summed E-state index contributed by atoms with van der Waals surface area (Å²) in [5.74, 6) is 0.223. The van der Waals surface area contributed by atoms with Gasteiger partial charge in [-0.3, -0.25) is 4.79 Å². The monoisotopic (exact) mass is 292 g/mol. The summed E-state index contributed by atoms with van der Waals surface area (Å²) in [6.45, 7) is 1.21. The van der Waals surface area contributed by atoms with E-state index in [4.69, 9.17) is 9.15 Å². The summed E-state index contributed by atoms with van der Waals surface area (Å²) in [6.07, 6.45) is 1.49. The molecule has 0 N–H and O–H groups in total. The third kappa shape index (κ3) is 1.83. The molecule has 2 heterocycles. The standard InChI is InChI=1S/C13H9BrO3/c14-11-3-4-17-13(11)12(15)8-1-2-9-6-16-7-10(9)5-8/h1-5H,6-7H2. The number of hydrogen-bond donors (Lipinski definition) is 0. The molecule has 4 heteroatoms. The number of fused-ring (bicyclic) bond motifs is 1. The Kier molecular flexibility index (Phi) is 2.61. The highest BCUT2D eigenvalue weighted by molar-refractivity contribution is 9.10. The molecule has 0 spiro atoms. The maximum absolute atomic E-state index is 12.2. The van der Waals surface area contributed by atoms with E-state index in [0.29, 0.717) is 29.0 Å². The third-order valence-electron chi connectivity index (χ3n) is 2.81. The van der Waals surface area contributed by atoms with E-state index in [0.717, 1.165) is 11.1 Å². The average molecular weight is 293 g/mol. The molecule has 0 atom stereocenters. The minimum Gasteiger partial charge on any atom is -0.460 e. The number of ether oxygens (including phenoxy) is 1. The van der Waals surface area contributed by atoms with Crippen molar-refractivity contribution < 1.29 is 13.9 Å². The number of hydrogen-bond acceptors (Lipinski definition) is 3. The first-order valence-corrected chi connectivity index (χ1v) is 6.02. The highest BCUT2D eigenvalue weighted by Crippen LogP contribution is 2.25. The smallest absolute Gasteiger partial charge is 0.229 e. The van der Waals surface area contributed by atoms with Crippen LogP contribution in [0.1, 0.15) is 27.2 Å². The molecule has 0 unspecified atom stereocenters.